The first-order valence-corrected chi connectivity index (χ1v) is 9.54. The molecule has 4 unspecified atom stereocenters. The third-order valence-electron chi connectivity index (χ3n) is 5.67. The van der Waals surface area contributed by atoms with Crippen LogP contribution in [0.2, 0.25) is 0 Å². The zero-order valence-corrected chi connectivity index (χ0v) is 16.4. The van der Waals surface area contributed by atoms with Crippen molar-refractivity contribution in [3.8, 4) is 0 Å². The van der Waals surface area contributed by atoms with Gasteiger partial charge in [0.2, 0.25) is 0 Å². The Morgan fingerprint density at radius 3 is 2.12 bits per heavy atom. The van der Waals surface area contributed by atoms with Crippen LogP contribution in [-0.4, -0.2) is 31.6 Å². The van der Waals surface area contributed by atoms with Crippen molar-refractivity contribution in [2.24, 2.45) is 22.7 Å². The van der Waals surface area contributed by atoms with Crippen LogP contribution in [0.3, 0.4) is 0 Å². The van der Waals surface area contributed by atoms with E-state index >= 15 is 0 Å². The monoisotopic (exact) mass is 340 g/mol. The maximum absolute atomic E-state index is 12.4. The van der Waals surface area contributed by atoms with Gasteiger partial charge in [-0.05, 0) is 57.3 Å². The van der Waals surface area contributed by atoms with Crippen LogP contribution in [0.15, 0.2) is 0 Å². The van der Waals surface area contributed by atoms with E-state index in [2.05, 4.69) is 20.8 Å². The predicted octanol–water partition coefficient (Wildman–Crippen LogP) is 4.56. The highest BCUT2D eigenvalue weighted by atomic mass is 16.7. The van der Waals surface area contributed by atoms with Gasteiger partial charge in [0.25, 0.3) is 0 Å². The number of ether oxygens (including phenoxy) is 3. The van der Waals surface area contributed by atoms with E-state index < -0.39 is 0 Å². The lowest BCUT2D eigenvalue weighted by Crippen LogP contribution is -2.32. The standard InChI is InChI=1S/C20H36O4/c1-7-20(5,6)18(21)24-17-11-9-14-15(17)8-10-16(14)23-13-22-12-19(2,3)4/h14-17H,7-13H2,1-6H3. The smallest absolute Gasteiger partial charge is 0.311 e. The summed E-state index contributed by atoms with van der Waals surface area (Å²) in [5.41, 5.74) is -0.215. The number of carbonyl (C=O) groups excluding carboxylic acids is 1. The minimum atomic E-state index is -0.382. The Bertz CT molecular complexity index is 424. The Morgan fingerprint density at radius 2 is 1.54 bits per heavy atom. The summed E-state index contributed by atoms with van der Waals surface area (Å²) in [6.45, 7) is 13.5. The quantitative estimate of drug-likeness (QED) is 0.387. The molecule has 0 aromatic heterocycles. The summed E-state index contributed by atoms with van der Waals surface area (Å²) in [5, 5.41) is 0. The van der Waals surface area contributed by atoms with Crippen molar-refractivity contribution in [1.29, 1.82) is 0 Å². The molecule has 2 saturated carbocycles. The number of hydrogen-bond acceptors (Lipinski definition) is 4. The minimum Gasteiger partial charge on any atom is -0.462 e. The summed E-state index contributed by atoms with van der Waals surface area (Å²) in [6, 6.07) is 0. The molecule has 0 saturated heterocycles. The molecule has 4 atom stereocenters. The zero-order chi connectivity index (χ0) is 18.0. The molecule has 0 aromatic carbocycles. The van der Waals surface area contributed by atoms with E-state index in [1.807, 2.05) is 20.8 Å². The average molecular weight is 341 g/mol. The van der Waals surface area contributed by atoms with Gasteiger partial charge in [0.1, 0.15) is 12.9 Å². The van der Waals surface area contributed by atoms with Crippen LogP contribution in [0.5, 0.6) is 0 Å². The second kappa shape index (κ2) is 7.74. The fourth-order valence-corrected chi connectivity index (χ4v) is 3.77. The number of esters is 1. The van der Waals surface area contributed by atoms with Crippen LogP contribution in [0, 0.1) is 22.7 Å². The van der Waals surface area contributed by atoms with Crippen molar-refractivity contribution >= 4 is 5.97 Å². The summed E-state index contributed by atoms with van der Waals surface area (Å²) in [4.78, 5) is 12.4. The topological polar surface area (TPSA) is 44.8 Å². The first-order valence-electron chi connectivity index (χ1n) is 9.54. The highest BCUT2D eigenvalue weighted by Crippen LogP contribution is 2.47. The highest BCUT2D eigenvalue weighted by Gasteiger charge is 2.47. The molecular formula is C20H36O4. The molecule has 2 fully saturated rings. The summed E-state index contributed by atoms with van der Waals surface area (Å²) < 4.78 is 17.5. The fourth-order valence-electron chi connectivity index (χ4n) is 3.77. The van der Waals surface area contributed by atoms with Gasteiger partial charge in [-0.25, -0.2) is 0 Å². The Kier molecular flexibility index (Phi) is 6.35. The van der Waals surface area contributed by atoms with E-state index in [1.165, 1.54) is 0 Å². The van der Waals surface area contributed by atoms with Gasteiger partial charge >= 0.3 is 5.97 Å². The second-order valence-electron chi connectivity index (χ2n) is 9.40. The van der Waals surface area contributed by atoms with Crippen molar-refractivity contribution in [1.82, 2.24) is 0 Å². The maximum Gasteiger partial charge on any atom is 0.311 e. The molecule has 0 N–H and O–H groups in total. The summed E-state index contributed by atoms with van der Waals surface area (Å²) in [5.74, 6) is 0.938. The van der Waals surface area contributed by atoms with Crippen LogP contribution in [0.1, 0.15) is 73.6 Å². The van der Waals surface area contributed by atoms with E-state index in [0.717, 1.165) is 32.1 Å². The van der Waals surface area contributed by atoms with Crippen LogP contribution < -0.4 is 0 Å². The molecule has 2 rings (SSSR count). The van der Waals surface area contributed by atoms with Gasteiger partial charge in [-0.3, -0.25) is 4.79 Å². The first kappa shape index (κ1) is 19.7. The van der Waals surface area contributed by atoms with Gasteiger partial charge < -0.3 is 14.2 Å². The van der Waals surface area contributed by atoms with E-state index in [9.17, 15) is 4.79 Å². The number of hydrogen-bond donors (Lipinski definition) is 0. The zero-order valence-electron chi connectivity index (χ0n) is 16.4. The number of carbonyl (C=O) groups is 1. The van der Waals surface area contributed by atoms with Crippen LogP contribution in [0.4, 0.5) is 0 Å². The van der Waals surface area contributed by atoms with E-state index in [1.54, 1.807) is 0 Å². The Hall–Kier alpha value is -0.610. The summed E-state index contributed by atoms with van der Waals surface area (Å²) >= 11 is 0. The van der Waals surface area contributed by atoms with Gasteiger partial charge in [-0.1, -0.05) is 27.7 Å². The van der Waals surface area contributed by atoms with Crippen molar-refractivity contribution < 1.29 is 19.0 Å². The molecule has 140 valence electrons. The van der Waals surface area contributed by atoms with Crippen molar-refractivity contribution in [3.63, 3.8) is 0 Å². The van der Waals surface area contributed by atoms with E-state index in [0.29, 0.717) is 25.2 Å². The Morgan fingerprint density at radius 1 is 0.958 bits per heavy atom. The van der Waals surface area contributed by atoms with Crippen LogP contribution >= 0.6 is 0 Å². The molecule has 2 aliphatic carbocycles. The van der Waals surface area contributed by atoms with Crippen molar-refractivity contribution in [2.45, 2.75) is 85.9 Å². The lowest BCUT2D eigenvalue weighted by atomic mass is 9.90. The average Bonchev–Trinajstić information content (AvgIpc) is 3.06. The highest BCUT2D eigenvalue weighted by molar-refractivity contribution is 5.76. The van der Waals surface area contributed by atoms with Gasteiger partial charge in [0.05, 0.1) is 18.1 Å². The lowest BCUT2D eigenvalue weighted by molar-refractivity contribution is -0.162. The third-order valence-corrected chi connectivity index (χ3v) is 5.67. The van der Waals surface area contributed by atoms with Crippen LogP contribution in [0.25, 0.3) is 0 Å². The van der Waals surface area contributed by atoms with Crippen molar-refractivity contribution in [2.75, 3.05) is 13.4 Å². The third kappa shape index (κ3) is 4.95. The molecule has 0 radical (unpaired) electrons. The number of rotatable bonds is 7. The predicted molar refractivity (Wildman–Crippen MR) is 94.5 cm³/mol. The summed E-state index contributed by atoms with van der Waals surface area (Å²) in [7, 11) is 0. The summed E-state index contributed by atoms with van der Waals surface area (Å²) in [6.07, 6.45) is 5.38. The van der Waals surface area contributed by atoms with Gasteiger partial charge in [0.15, 0.2) is 0 Å². The van der Waals surface area contributed by atoms with Gasteiger partial charge in [-0.15, -0.1) is 0 Å². The molecule has 2 aliphatic rings. The molecular weight excluding hydrogens is 304 g/mol. The maximum atomic E-state index is 12.4. The molecule has 0 aliphatic heterocycles. The molecule has 0 bridgehead atoms. The van der Waals surface area contributed by atoms with E-state index in [4.69, 9.17) is 14.2 Å². The number of fused-ring (bicyclic) bond motifs is 1. The molecule has 0 amide bonds. The van der Waals surface area contributed by atoms with E-state index in [-0.39, 0.29) is 29.0 Å². The Labute approximate surface area is 147 Å². The van der Waals surface area contributed by atoms with Crippen LogP contribution in [-0.2, 0) is 19.0 Å². The molecule has 0 aromatic rings. The molecule has 0 spiro atoms. The lowest BCUT2D eigenvalue weighted by Gasteiger charge is -2.26. The second-order valence-corrected chi connectivity index (χ2v) is 9.40. The largest absolute Gasteiger partial charge is 0.462 e. The normalized spacial score (nSPS) is 30.4. The molecule has 4 heteroatoms. The minimum absolute atomic E-state index is 0.0477. The SMILES string of the molecule is CCC(C)(C)C(=O)OC1CCC2C(OCOCC(C)(C)C)CCC12. The van der Waals surface area contributed by atoms with Gasteiger partial charge in [0, 0.05) is 5.92 Å². The molecule has 24 heavy (non-hydrogen) atoms. The first-order chi connectivity index (χ1) is 11.1. The van der Waals surface area contributed by atoms with Gasteiger partial charge in [-0.2, -0.15) is 0 Å². The van der Waals surface area contributed by atoms with Crippen molar-refractivity contribution in [3.05, 3.63) is 0 Å². The molecule has 0 heterocycles. The Balaban J connectivity index is 1.78. The fraction of sp³-hybridized carbons (Fsp3) is 0.950. The molecule has 4 nitrogen and oxygen atoms in total.